The molecule has 1 saturated heterocycles. The Hall–Kier alpha value is -1.10. The largest absolute Gasteiger partial charge is 0.444 e. The van der Waals surface area contributed by atoms with Crippen molar-refractivity contribution < 1.29 is 9.53 Å². The third-order valence-corrected chi connectivity index (χ3v) is 4.48. The molecule has 0 atom stereocenters. The van der Waals surface area contributed by atoms with Gasteiger partial charge in [-0.15, -0.1) is 11.3 Å². The number of amides is 1. The molecule has 0 saturated carbocycles. The van der Waals surface area contributed by atoms with Crippen molar-refractivity contribution >= 4 is 17.4 Å². The van der Waals surface area contributed by atoms with Gasteiger partial charge in [-0.2, -0.15) is 0 Å². The van der Waals surface area contributed by atoms with E-state index in [0.717, 1.165) is 32.4 Å². The first-order valence-electron chi connectivity index (χ1n) is 7.31. The number of carbonyl (C=O) groups is 1. The number of hydrogen-bond donors (Lipinski definition) is 0. The van der Waals surface area contributed by atoms with Gasteiger partial charge in [0, 0.05) is 24.4 Å². The van der Waals surface area contributed by atoms with Crippen LogP contribution in [0.4, 0.5) is 4.79 Å². The van der Waals surface area contributed by atoms with Crippen LogP contribution in [0.1, 0.15) is 57.2 Å². The minimum atomic E-state index is -0.417. The lowest BCUT2D eigenvalue weighted by molar-refractivity contribution is 0.0205. The molecule has 0 spiro atoms. The molecule has 0 unspecified atom stereocenters. The zero-order chi connectivity index (χ0) is 14.8. The molecule has 5 heteroatoms. The molecule has 20 heavy (non-hydrogen) atoms. The van der Waals surface area contributed by atoms with Crippen molar-refractivity contribution in [2.24, 2.45) is 0 Å². The summed E-state index contributed by atoms with van der Waals surface area (Å²) in [5.41, 5.74) is 0.763. The predicted octanol–water partition coefficient (Wildman–Crippen LogP) is 3.82. The summed E-state index contributed by atoms with van der Waals surface area (Å²) < 4.78 is 5.41. The van der Waals surface area contributed by atoms with Crippen LogP contribution < -0.4 is 0 Å². The standard InChI is InChI=1S/C15H24N2O2S/c1-5-12-10-20-13(16-12)11-6-8-17(9-7-11)14(18)19-15(2,3)4/h10-11H,5-9H2,1-4H3. The number of aryl methyl sites for hydroxylation is 1. The van der Waals surface area contributed by atoms with Crippen molar-refractivity contribution in [2.75, 3.05) is 13.1 Å². The number of likely N-dealkylation sites (tertiary alicyclic amines) is 1. The lowest BCUT2D eigenvalue weighted by Gasteiger charge is -2.32. The zero-order valence-corrected chi connectivity index (χ0v) is 13.6. The molecule has 0 aliphatic carbocycles. The molecule has 112 valence electrons. The fourth-order valence-electron chi connectivity index (χ4n) is 2.31. The highest BCUT2D eigenvalue weighted by Crippen LogP contribution is 2.30. The average Bonchev–Trinajstić information content (AvgIpc) is 2.85. The van der Waals surface area contributed by atoms with E-state index in [1.54, 1.807) is 11.3 Å². The Morgan fingerprint density at radius 1 is 1.45 bits per heavy atom. The van der Waals surface area contributed by atoms with Crippen LogP contribution in [-0.2, 0) is 11.2 Å². The van der Waals surface area contributed by atoms with Gasteiger partial charge in [0.2, 0.25) is 0 Å². The SMILES string of the molecule is CCc1csc(C2CCN(C(=O)OC(C)(C)C)CC2)n1. The summed E-state index contributed by atoms with van der Waals surface area (Å²) in [4.78, 5) is 18.5. The van der Waals surface area contributed by atoms with E-state index >= 15 is 0 Å². The van der Waals surface area contributed by atoms with Crippen molar-refractivity contribution in [3.05, 3.63) is 16.1 Å². The fourth-order valence-corrected chi connectivity index (χ4v) is 3.38. The second-order valence-electron chi connectivity index (χ2n) is 6.27. The number of thiazole rings is 1. The summed E-state index contributed by atoms with van der Waals surface area (Å²) in [7, 11) is 0. The van der Waals surface area contributed by atoms with E-state index in [9.17, 15) is 4.79 Å². The molecule has 1 fully saturated rings. The Kier molecular flexibility index (Phi) is 4.68. The predicted molar refractivity (Wildman–Crippen MR) is 81.3 cm³/mol. The lowest BCUT2D eigenvalue weighted by Crippen LogP contribution is -2.41. The van der Waals surface area contributed by atoms with Gasteiger partial charge in [0.15, 0.2) is 0 Å². The molecule has 1 aliphatic heterocycles. The van der Waals surface area contributed by atoms with Crippen LogP contribution in [0.5, 0.6) is 0 Å². The number of nitrogens with zero attached hydrogens (tertiary/aromatic N) is 2. The van der Waals surface area contributed by atoms with Gasteiger partial charge in [0.05, 0.1) is 10.7 Å². The highest BCUT2D eigenvalue weighted by Gasteiger charge is 2.28. The summed E-state index contributed by atoms with van der Waals surface area (Å²) in [6.45, 7) is 9.36. The van der Waals surface area contributed by atoms with E-state index in [-0.39, 0.29) is 6.09 Å². The molecule has 1 aromatic rings. The Bertz CT molecular complexity index is 457. The normalized spacial score (nSPS) is 17.3. The van der Waals surface area contributed by atoms with E-state index in [2.05, 4.69) is 17.3 Å². The number of aromatic nitrogens is 1. The number of piperidine rings is 1. The fraction of sp³-hybridized carbons (Fsp3) is 0.733. The van der Waals surface area contributed by atoms with Crippen LogP contribution in [0.15, 0.2) is 5.38 Å². The minimum absolute atomic E-state index is 0.190. The van der Waals surface area contributed by atoms with Crippen molar-refractivity contribution in [2.45, 2.75) is 58.5 Å². The molecule has 0 radical (unpaired) electrons. The highest BCUT2D eigenvalue weighted by atomic mass is 32.1. The van der Waals surface area contributed by atoms with Crippen LogP contribution in [0.2, 0.25) is 0 Å². The molecule has 1 amide bonds. The monoisotopic (exact) mass is 296 g/mol. The first-order valence-corrected chi connectivity index (χ1v) is 8.19. The lowest BCUT2D eigenvalue weighted by atomic mass is 9.98. The number of rotatable bonds is 2. The van der Waals surface area contributed by atoms with Gasteiger partial charge in [0.25, 0.3) is 0 Å². The van der Waals surface area contributed by atoms with E-state index in [1.807, 2.05) is 25.7 Å². The summed E-state index contributed by atoms with van der Waals surface area (Å²) in [6, 6.07) is 0. The Morgan fingerprint density at radius 2 is 2.10 bits per heavy atom. The van der Waals surface area contributed by atoms with E-state index in [1.165, 1.54) is 10.7 Å². The smallest absolute Gasteiger partial charge is 0.410 e. The molecule has 1 aromatic heterocycles. The topological polar surface area (TPSA) is 42.4 Å². The van der Waals surface area contributed by atoms with Gasteiger partial charge < -0.3 is 9.64 Å². The van der Waals surface area contributed by atoms with Gasteiger partial charge >= 0.3 is 6.09 Å². The summed E-state index contributed by atoms with van der Waals surface area (Å²) >= 11 is 1.75. The summed E-state index contributed by atoms with van der Waals surface area (Å²) in [5.74, 6) is 0.499. The second-order valence-corrected chi connectivity index (χ2v) is 7.16. The minimum Gasteiger partial charge on any atom is -0.444 e. The number of ether oxygens (including phenoxy) is 1. The Balaban J connectivity index is 1.87. The first kappa shape index (κ1) is 15.3. The maximum Gasteiger partial charge on any atom is 0.410 e. The zero-order valence-electron chi connectivity index (χ0n) is 12.8. The average molecular weight is 296 g/mol. The van der Waals surface area contributed by atoms with E-state index in [0.29, 0.717) is 5.92 Å². The molecule has 0 N–H and O–H groups in total. The van der Waals surface area contributed by atoms with Gasteiger partial charge in [0.1, 0.15) is 5.60 Å². The van der Waals surface area contributed by atoms with Crippen LogP contribution in [0.25, 0.3) is 0 Å². The van der Waals surface area contributed by atoms with Crippen molar-refractivity contribution in [1.29, 1.82) is 0 Å². The van der Waals surface area contributed by atoms with Crippen LogP contribution in [0, 0.1) is 0 Å². The van der Waals surface area contributed by atoms with Gasteiger partial charge in [-0.25, -0.2) is 9.78 Å². The Labute approximate surface area is 125 Å². The van der Waals surface area contributed by atoms with Crippen molar-refractivity contribution in [3.8, 4) is 0 Å². The molecule has 0 bridgehead atoms. The molecule has 4 nitrogen and oxygen atoms in total. The van der Waals surface area contributed by atoms with Gasteiger partial charge in [-0.05, 0) is 40.0 Å². The summed E-state index contributed by atoms with van der Waals surface area (Å²) in [6.07, 6.45) is 2.77. The maximum atomic E-state index is 12.0. The third kappa shape index (κ3) is 3.95. The summed E-state index contributed by atoms with van der Waals surface area (Å²) in [5, 5.41) is 3.38. The molecular formula is C15H24N2O2S. The molecule has 2 rings (SSSR count). The third-order valence-electron chi connectivity index (χ3n) is 3.43. The molecular weight excluding hydrogens is 272 g/mol. The van der Waals surface area contributed by atoms with Gasteiger partial charge in [-0.3, -0.25) is 0 Å². The van der Waals surface area contributed by atoms with E-state index < -0.39 is 5.60 Å². The molecule has 2 heterocycles. The van der Waals surface area contributed by atoms with Crippen molar-refractivity contribution in [3.63, 3.8) is 0 Å². The Morgan fingerprint density at radius 3 is 2.60 bits per heavy atom. The van der Waals surface area contributed by atoms with Gasteiger partial charge in [-0.1, -0.05) is 6.92 Å². The molecule has 1 aliphatic rings. The second kappa shape index (κ2) is 6.12. The maximum absolute atomic E-state index is 12.0. The van der Waals surface area contributed by atoms with E-state index in [4.69, 9.17) is 4.74 Å². The molecule has 0 aromatic carbocycles. The van der Waals surface area contributed by atoms with Crippen molar-refractivity contribution in [1.82, 2.24) is 9.88 Å². The van der Waals surface area contributed by atoms with Crippen LogP contribution in [0.3, 0.4) is 0 Å². The van der Waals surface area contributed by atoms with Crippen LogP contribution in [-0.4, -0.2) is 34.7 Å². The highest BCUT2D eigenvalue weighted by molar-refractivity contribution is 7.09. The first-order chi connectivity index (χ1) is 9.39. The quantitative estimate of drug-likeness (QED) is 0.833. The van der Waals surface area contributed by atoms with Crippen LogP contribution >= 0.6 is 11.3 Å². The number of hydrogen-bond acceptors (Lipinski definition) is 4. The number of carbonyl (C=O) groups excluding carboxylic acids is 1.